The Balaban J connectivity index is 1.61. The van der Waals surface area contributed by atoms with Crippen molar-refractivity contribution >= 4 is 27.3 Å². The Morgan fingerprint density at radius 1 is 0.500 bits per heavy atom. The van der Waals surface area contributed by atoms with Crippen molar-refractivity contribution in [1.82, 2.24) is 0 Å². The van der Waals surface area contributed by atoms with E-state index >= 15 is 0 Å². The molecule has 8 rings (SSSR count). The molecule has 0 aliphatic heterocycles. The summed E-state index contributed by atoms with van der Waals surface area (Å²) in [6.45, 7) is 4.49. The van der Waals surface area contributed by atoms with Gasteiger partial charge in [0.15, 0.2) is 5.78 Å². The van der Waals surface area contributed by atoms with Crippen LogP contribution in [0.15, 0.2) is 97.1 Å². The van der Waals surface area contributed by atoms with Crippen molar-refractivity contribution in [3.63, 3.8) is 0 Å². The summed E-state index contributed by atoms with van der Waals surface area (Å²) in [4.78, 5) is 14.7. The van der Waals surface area contributed by atoms with E-state index in [2.05, 4.69) is 111 Å². The molecule has 0 heterocycles. The third kappa shape index (κ3) is 1.80. The maximum atomic E-state index is 14.7. The van der Waals surface area contributed by atoms with Crippen molar-refractivity contribution in [3.8, 4) is 11.1 Å². The first kappa shape index (κ1) is 18.7. The second-order valence-corrected chi connectivity index (χ2v) is 10.7. The van der Waals surface area contributed by atoms with Crippen LogP contribution in [-0.4, -0.2) is 5.78 Å². The predicted octanol–water partition coefficient (Wildman–Crippen LogP) is 7.65. The molecular weight excluding hydrogens is 412 g/mol. The van der Waals surface area contributed by atoms with Gasteiger partial charge in [-0.1, -0.05) is 97.1 Å². The molecule has 0 saturated heterocycles. The van der Waals surface area contributed by atoms with E-state index < -0.39 is 10.8 Å². The fourth-order valence-corrected chi connectivity index (χ4v) is 8.25. The van der Waals surface area contributed by atoms with Crippen LogP contribution < -0.4 is 0 Å². The molecule has 34 heavy (non-hydrogen) atoms. The van der Waals surface area contributed by atoms with Crippen LogP contribution in [0.1, 0.15) is 47.9 Å². The topological polar surface area (TPSA) is 17.1 Å². The Kier molecular flexibility index (Phi) is 3.22. The monoisotopic (exact) mass is 436 g/mol. The van der Waals surface area contributed by atoms with Gasteiger partial charge >= 0.3 is 0 Å². The standard InChI is InChI=1S/C33H24O/c1-32-27-23-15-7-3-11-19(23)21-13-5-9-17-25(21)29(27)33(2,31(32)34)30-26-18-10-6-14-22(26)20-12-4-8-16-24(20)28(30)32/h3-18,27,29H,1-2H3. The van der Waals surface area contributed by atoms with E-state index in [1.165, 1.54) is 54.9 Å². The highest BCUT2D eigenvalue weighted by Crippen LogP contribution is 2.74. The van der Waals surface area contributed by atoms with Crippen LogP contribution in [0.25, 0.3) is 32.7 Å². The summed E-state index contributed by atoms with van der Waals surface area (Å²) >= 11 is 0. The first-order valence-corrected chi connectivity index (χ1v) is 12.3. The molecule has 162 valence electrons. The lowest BCUT2D eigenvalue weighted by Crippen LogP contribution is -2.36. The average molecular weight is 437 g/mol. The molecule has 1 saturated carbocycles. The highest BCUT2D eigenvalue weighted by Gasteiger charge is 2.73. The van der Waals surface area contributed by atoms with E-state index in [0.29, 0.717) is 5.78 Å². The van der Waals surface area contributed by atoms with Crippen LogP contribution in [0.4, 0.5) is 0 Å². The Morgan fingerprint density at radius 3 is 1.29 bits per heavy atom. The number of ketones is 1. The first-order chi connectivity index (χ1) is 16.6. The molecule has 3 aliphatic rings. The third-order valence-corrected chi connectivity index (χ3v) is 9.37. The van der Waals surface area contributed by atoms with Gasteiger partial charge in [-0.05, 0) is 68.8 Å². The molecule has 4 unspecified atom stereocenters. The van der Waals surface area contributed by atoms with Gasteiger partial charge in [0.25, 0.3) is 0 Å². The number of benzene rings is 5. The summed E-state index contributed by atoms with van der Waals surface area (Å²) < 4.78 is 0. The summed E-state index contributed by atoms with van der Waals surface area (Å²) in [6, 6.07) is 35.0. The van der Waals surface area contributed by atoms with Gasteiger partial charge < -0.3 is 0 Å². The van der Waals surface area contributed by atoms with E-state index in [1.54, 1.807) is 0 Å². The van der Waals surface area contributed by atoms with Crippen LogP contribution >= 0.6 is 0 Å². The molecule has 0 amide bonds. The molecule has 1 fully saturated rings. The van der Waals surface area contributed by atoms with Gasteiger partial charge in [-0.2, -0.15) is 0 Å². The van der Waals surface area contributed by atoms with Crippen LogP contribution in [-0.2, 0) is 15.6 Å². The van der Waals surface area contributed by atoms with Crippen molar-refractivity contribution in [2.75, 3.05) is 0 Å². The Labute approximate surface area is 199 Å². The molecule has 0 spiro atoms. The summed E-state index contributed by atoms with van der Waals surface area (Å²) in [5, 5.41) is 4.99. The molecule has 1 heteroatoms. The number of rotatable bonds is 0. The maximum Gasteiger partial charge on any atom is 0.154 e. The van der Waals surface area contributed by atoms with Gasteiger partial charge in [0.05, 0.1) is 10.8 Å². The maximum absolute atomic E-state index is 14.7. The normalized spacial score (nSPS) is 28.0. The number of fused-ring (bicyclic) bond motifs is 18. The first-order valence-electron chi connectivity index (χ1n) is 12.3. The van der Waals surface area contributed by atoms with Crippen LogP contribution in [0.5, 0.6) is 0 Å². The fourth-order valence-electron chi connectivity index (χ4n) is 8.25. The molecule has 0 radical (unpaired) electrons. The van der Waals surface area contributed by atoms with E-state index in [4.69, 9.17) is 0 Å². The van der Waals surface area contributed by atoms with E-state index in [9.17, 15) is 4.79 Å². The lowest BCUT2D eigenvalue weighted by atomic mass is 9.56. The SMILES string of the molecule is CC12C(=O)C(C)(c3c1c1ccccc1c1ccccc31)C1c3ccccc3-c3ccccc3C12. The van der Waals surface area contributed by atoms with Crippen molar-refractivity contribution in [2.24, 2.45) is 0 Å². The minimum absolute atomic E-state index is 0.133. The van der Waals surface area contributed by atoms with E-state index in [-0.39, 0.29) is 11.8 Å². The zero-order valence-electron chi connectivity index (χ0n) is 19.3. The Hall–Kier alpha value is -3.71. The minimum Gasteiger partial charge on any atom is -0.298 e. The van der Waals surface area contributed by atoms with Crippen LogP contribution in [0.2, 0.25) is 0 Å². The Bertz CT molecular complexity index is 1600. The average Bonchev–Trinajstić information content (AvgIpc) is 3.19. The quantitative estimate of drug-likeness (QED) is 0.228. The van der Waals surface area contributed by atoms with Gasteiger partial charge in [0.1, 0.15) is 0 Å². The molecule has 5 aromatic carbocycles. The fraction of sp³-hybridized carbons (Fsp3) is 0.182. The number of carbonyl (C=O) groups excluding carboxylic acids is 1. The van der Waals surface area contributed by atoms with E-state index in [0.717, 1.165) is 0 Å². The molecule has 2 bridgehead atoms. The summed E-state index contributed by atoms with van der Waals surface area (Å²) in [5.41, 5.74) is 6.63. The van der Waals surface area contributed by atoms with Crippen molar-refractivity contribution in [2.45, 2.75) is 36.5 Å². The zero-order chi connectivity index (χ0) is 22.8. The lowest BCUT2D eigenvalue weighted by Gasteiger charge is -2.45. The number of Topliss-reactive ketones (excluding diaryl/α,β-unsaturated/α-hetero) is 1. The lowest BCUT2D eigenvalue weighted by molar-refractivity contribution is -0.124. The largest absolute Gasteiger partial charge is 0.298 e. The zero-order valence-corrected chi connectivity index (χ0v) is 19.3. The smallest absolute Gasteiger partial charge is 0.154 e. The molecule has 3 aliphatic carbocycles. The highest BCUT2D eigenvalue weighted by atomic mass is 16.1. The molecule has 1 nitrogen and oxygen atoms in total. The van der Waals surface area contributed by atoms with Crippen LogP contribution in [0.3, 0.4) is 0 Å². The summed E-state index contributed by atoms with van der Waals surface area (Å²) in [6.07, 6.45) is 0. The summed E-state index contributed by atoms with van der Waals surface area (Å²) in [7, 11) is 0. The van der Waals surface area contributed by atoms with Crippen molar-refractivity contribution in [3.05, 3.63) is 119 Å². The second-order valence-electron chi connectivity index (χ2n) is 10.7. The molecular formula is C33H24O. The number of hydrogen-bond acceptors (Lipinski definition) is 1. The summed E-state index contributed by atoms with van der Waals surface area (Å²) in [5.74, 6) is 0.652. The molecule has 0 N–H and O–H groups in total. The van der Waals surface area contributed by atoms with Crippen molar-refractivity contribution in [1.29, 1.82) is 0 Å². The minimum atomic E-state index is -0.567. The molecule has 5 aromatic rings. The van der Waals surface area contributed by atoms with Crippen molar-refractivity contribution < 1.29 is 4.79 Å². The van der Waals surface area contributed by atoms with Gasteiger partial charge in [-0.3, -0.25) is 4.79 Å². The third-order valence-electron chi connectivity index (χ3n) is 9.37. The second kappa shape index (κ2) is 5.85. The highest BCUT2D eigenvalue weighted by molar-refractivity contribution is 6.21. The Morgan fingerprint density at radius 2 is 0.853 bits per heavy atom. The molecule has 0 aromatic heterocycles. The van der Waals surface area contributed by atoms with Gasteiger partial charge in [-0.15, -0.1) is 0 Å². The van der Waals surface area contributed by atoms with E-state index in [1.807, 2.05) is 0 Å². The number of hydrogen-bond donors (Lipinski definition) is 0. The predicted molar refractivity (Wildman–Crippen MR) is 139 cm³/mol. The van der Waals surface area contributed by atoms with Gasteiger partial charge in [0.2, 0.25) is 0 Å². The molecule has 4 atom stereocenters. The van der Waals surface area contributed by atoms with Crippen LogP contribution in [0, 0.1) is 0 Å². The van der Waals surface area contributed by atoms with Gasteiger partial charge in [0, 0.05) is 11.8 Å². The number of carbonyl (C=O) groups is 1. The van der Waals surface area contributed by atoms with Gasteiger partial charge in [-0.25, -0.2) is 0 Å².